The van der Waals surface area contributed by atoms with E-state index in [4.69, 9.17) is 0 Å². The summed E-state index contributed by atoms with van der Waals surface area (Å²) in [6, 6.07) is 0.727. The molecule has 0 aromatic rings. The van der Waals surface area contributed by atoms with Gasteiger partial charge in [0.05, 0.1) is 0 Å². The van der Waals surface area contributed by atoms with Gasteiger partial charge in [0.1, 0.15) is 0 Å². The summed E-state index contributed by atoms with van der Waals surface area (Å²) in [7, 11) is 0. The number of unbranched alkanes of at least 4 members (excludes halogenated alkanes) is 1. The van der Waals surface area contributed by atoms with E-state index in [0.29, 0.717) is 0 Å². The summed E-state index contributed by atoms with van der Waals surface area (Å²) in [5.74, 6) is 0. The van der Waals surface area contributed by atoms with Gasteiger partial charge in [0.2, 0.25) is 0 Å². The normalized spacial score (nSPS) is 13.5. The first kappa shape index (κ1) is 13.9. The van der Waals surface area contributed by atoms with Crippen LogP contribution in [0.3, 0.4) is 0 Å². The van der Waals surface area contributed by atoms with Crippen LogP contribution in [-0.4, -0.2) is 37.1 Å². The van der Waals surface area contributed by atoms with Gasteiger partial charge in [0.15, 0.2) is 0 Å². The molecule has 14 heavy (non-hydrogen) atoms. The van der Waals surface area contributed by atoms with Crippen molar-refractivity contribution in [2.24, 2.45) is 0 Å². The van der Waals surface area contributed by atoms with Crippen molar-refractivity contribution in [1.29, 1.82) is 0 Å². The molecule has 0 rings (SSSR count). The zero-order valence-electron chi connectivity index (χ0n) is 10.5. The summed E-state index contributed by atoms with van der Waals surface area (Å²) in [6.07, 6.45) is 3.90. The minimum atomic E-state index is 0.727. The van der Waals surface area contributed by atoms with Gasteiger partial charge in [-0.15, -0.1) is 0 Å². The first-order valence-electron chi connectivity index (χ1n) is 6.20. The molecular formula is C12H28N2. The van der Waals surface area contributed by atoms with Crippen LogP contribution in [0.15, 0.2) is 0 Å². The van der Waals surface area contributed by atoms with E-state index < -0.39 is 0 Å². The van der Waals surface area contributed by atoms with Crippen LogP contribution in [0.4, 0.5) is 0 Å². The van der Waals surface area contributed by atoms with Gasteiger partial charge in [-0.3, -0.25) is 0 Å². The summed E-state index contributed by atoms with van der Waals surface area (Å²) in [5.41, 5.74) is 0. The van der Waals surface area contributed by atoms with Crippen LogP contribution >= 0.6 is 0 Å². The van der Waals surface area contributed by atoms with E-state index >= 15 is 0 Å². The molecule has 1 unspecified atom stereocenters. The summed E-state index contributed by atoms with van der Waals surface area (Å²) in [4.78, 5) is 2.58. The lowest BCUT2D eigenvalue weighted by Crippen LogP contribution is -2.36. The Balaban J connectivity index is 3.61. The number of hydrogen-bond donors (Lipinski definition) is 1. The Morgan fingerprint density at radius 2 is 1.93 bits per heavy atom. The van der Waals surface area contributed by atoms with Crippen LogP contribution in [0.2, 0.25) is 0 Å². The van der Waals surface area contributed by atoms with Crippen molar-refractivity contribution in [3.05, 3.63) is 0 Å². The Bertz CT molecular complexity index is 115. The highest BCUT2D eigenvalue weighted by Crippen LogP contribution is 2.04. The highest BCUT2D eigenvalue weighted by Gasteiger charge is 2.09. The predicted octanol–water partition coefficient (Wildman–Crippen LogP) is 2.50. The summed E-state index contributed by atoms with van der Waals surface area (Å²) in [5, 5.41) is 3.39. The van der Waals surface area contributed by atoms with E-state index in [1.54, 1.807) is 0 Å². The molecule has 0 radical (unpaired) electrons. The van der Waals surface area contributed by atoms with Crippen molar-refractivity contribution < 1.29 is 0 Å². The van der Waals surface area contributed by atoms with E-state index in [-0.39, 0.29) is 0 Å². The molecule has 0 saturated carbocycles. The lowest BCUT2D eigenvalue weighted by atomic mass is 10.2. The third kappa shape index (κ3) is 6.39. The van der Waals surface area contributed by atoms with E-state index in [1.807, 2.05) is 0 Å². The highest BCUT2D eigenvalue weighted by atomic mass is 15.1. The van der Waals surface area contributed by atoms with Crippen molar-refractivity contribution >= 4 is 0 Å². The van der Waals surface area contributed by atoms with Crippen LogP contribution in [0.1, 0.15) is 47.0 Å². The van der Waals surface area contributed by atoms with E-state index in [9.17, 15) is 0 Å². The number of nitrogens with one attached hydrogen (secondary N) is 1. The maximum absolute atomic E-state index is 3.39. The predicted molar refractivity (Wildman–Crippen MR) is 64.8 cm³/mol. The zero-order chi connectivity index (χ0) is 10.8. The van der Waals surface area contributed by atoms with Gasteiger partial charge in [-0.1, -0.05) is 27.2 Å². The second-order valence-corrected chi connectivity index (χ2v) is 3.97. The summed E-state index contributed by atoms with van der Waals surface area (Å²) >= 11 is 0. The minimum Gasteiger partial charge on any atom is -0.317 e. The topological polar surface area (TPSA) is 15.3 Å². The second kappa shape index (κ2) is 9.47. The second-order valence-electron chi connectivity index (χ2n) is 3.97. The zero-order valence-corrected chi connectivity index (χ0v) is 10.5. The van der Waals surface area contributed by atoms with E-state index in [2.05, 4.69) is 37.9 Å². The smallest absolute Gasteiger partial charge is 0.00788 e. The largest absolute Gasteiger partial charge is 0.317 e. The molecule has 0 heterocycles. The molecule has 0 aliphatic rings. The van der Waals surface area contributed by atoms with Crippen LogP contribution in [0.25, 0.3) is 0 Å². The Kier molecular flexibility index (Phi) is 9.42. The van der Waals surface area contributed by atoms with Gasteiger partial charge in [0.25, 0.3) is 0 Å². The van der Waals surface area contributed by atoms with Crippen LogP contribution in [0, 0.1) is 0 Å². The molecule has 86 valence electrons. The molecule has 0 bridgehead atoms. The van der Waals surface area contributed by atoms with Crippen LogP contribution in [0.5, 0.6) is 0 Å². The van der Waals surface area contributed by atoms with E-state index in [1.165, 1.54) is 32.4 Å². The fraction of sp³-hybridized carbons (Fsp3) is 1.00. The van der Waals surface area contributed by atoms with Gasteiger partial charge >= 0.3 is 0 Å². The molecular weight excluding hydrogens is 172 g/mol. The quantitative estimate of drug-likeness (QED) is 0.575. The fourth-order valence-electron chi connectivity index (χ4n) is 1.72. The van der Waals surface area contributed by atoms with E-state index in [0.717, 1.165) is 19.1 Å². The summed E-state index contributed by atoms with van der Waals surface area (Å²) < 4.78 is 0. The Labute approximate surface area is 90.1 Å². The lowest BCUT2D eigenvalue weighted by molar-refractivity contribution is 0.206. The monoisotopic (exact) mass is 200 g/mol. The standard InChI is InChI=1S/C12H28N2/c1-5-8-11-14(7-3)12(4)9-10-13-6-2/h12-13H,5-11H2,1-4H3. The highest BCUT2D eigenvalue weighted by molar-refractivity contribution is 4.66. The van der Waals surface area contributed by atoms with Crippen molar-refractivity contribution in [3.8, 4) is 0 Å². The maximum atomic E-state index is 3.39. The molecule has 0 spiro atoms. The molecule has 0 aromatic carbocycles. The molecule has 0 fully saturated rings. The number of rotatable bonds is 9. The molecule has 0 aromatic heterocycles. The molecule has 1 N–H and O–H groups in total. The third-order valence-electron chi connectivity index (χ3n) is 2.82. The van der Waals surface area contributed by atoms with Gasteiger partial charge in [0, 0.05) is 6.04 Å². The maximum Gasteiger partial charge on any atom is 0.00788 e. The molecule has 0 aliphatic carbocycles. The summed E-state index contributed by atoms with van der Waals surface area (Å²) in [6.45, 7) is 13.7. The average Bonchev–Trinajstić information content (AvgIpc) is 2.19. The van der Waals surface area contributed by atoms with Crippen LogP contribution < -0.4 is 5.32 Å². The Morgan fingerprint density at radius 3 is 2.43 bits per heavy atom. The van der Waals surface area contributed by atoms with Crippen molar-refractivity contribution in [2.45, 2.75) is 53.0 Å². The van der Waals surface area contributed by atoms with Gasteiger partial charge in [-0.2, -0.15) is 0 Å². The van der Waals surface area contributed by atoms with Crippen molar-refractivity contribution in [3.63, 3.8) is 0 Å². The lowest BCUT2D eigenvalue weighted by Gasteiger charge is -2.27. The fourth-order valence-corrected chi connectivity index (χ4v) is 1.72. The average molecular weight is 200 g/mol. The van der Waals surface area contributed by atoms with Crippen LogP contribution in [-0.2, 0) is 0 Å². The molecule has 2 nitrogen and oxygen atoms in total. The molecule has 2 heteroatoms. The first-order valence-corrected chi connectivity index (χ1v) is 6.20. The molecule has 0 aliphatic heterocycles. The van der Waals surface area contributed by atoms with Gasteiger partial charge < -0.3 is 10.2 Å². The minimum absolute atomic E-state index is 0.727. The molecule has 0 amide bonds. The first-order chi connectivity index (χ1) is 6.76. The molecule has 0 saturated heterocycles. The van der Waals surface area contributed by atoms with Crippen molar-refractivity contribution in [1.82, 2.24) is 10.2 Å². The Morgan fingerprint density at radius 1 is 1.21 bits per heavy atom. The van der Waals surface area contributed by atoms with Gasteiger partial charge in [-0.25, -0.2) is 0 Å². The Hall–Kier alpha value is -0.0800. The number of hydrogen-bond acceptors (Lipinski definition) is 2. The number of nitrogens with zero attached hydrogens (tertiary/aromatic N) is 1. The van der Waals surface area contributed by atoms with Gasteiger partial charge in [-0.05, 0) is 45.9 Å². The molecule has 1 atom stereocenters. The van der Waals surface area contributed by atoms with Crippen molar-refractivity contribution in [2.75, 3.05) is 26.2 Å². The third-order valence-corrected chi connectivity index (χ3v) is 2.82. The SMILES string of the molecule is CCCCN(CC)C(C)CCNCC.